The quantitative estimate of drug-likeness (QED) is 0.766. The first-order valence-corrected chi connectivity index (χ1v) is 8.24. The zero-order valence-electron chi connectivity index (χ0n) is 14.4. The van der Waals surface area contributed by atoms with Gasteiger partial charge in [-0.15, -0.1) is 0 Å². The molecule has 26 heavy (non-hydrogen) atoms. The highest BCUT2D eigenvalue weighted by Gasteiger charge is 2.13. The molecule has 0 aliphatic rings. The fraction of sp³-hybridized carbons (Fsp3) is 0.150. The van der Waals surface area contributed by atoms with Crippen LogP contribution in [0.25, 0.3) is 0 Å². The molecule has 1 N–H and O–H groups in total. The molecule has 0 fully saturated rings. The van der Waals surface area contributed by atoms with Crippen LogP contribution in [0.15, 0.2) is 76.4 Å². The molecule has 2 aromatic carbocycles. The monoisotopic (exact) mass is 349 g/mol. The molecule has 0 atom stereocenters. The molecule has 0 bridgehead atoms. The van der Waals surface area contributed by atoms with Crippen molar-refractivity contribution in [1.29, 1.82) is 0 Å². The Bertz CT molecular complexity index is 1020. The van der Waals surface area contributed by atoms with Crippen molar-refractivity contribution >= 4 is 11.6 Å². The molecule has 0 spiro atoms. The van der Waals surface area contributed by atoms with Gasteiger partial charge in [-0.2, -0.15) is 0 Å². The van der Waals surface area contributed by atoms with E-state index >= 15 is 0 Å². The SMILES string of the molecule is Cc1cn(Cc2ccccc2)c(=O)n(CC(=O)Nc2ccccc2)c1=O. The largest absolute Gasteiger partial charge is 0.331 e. The highest BCUT2D eigenvalue weighted by atomic mass is 16.2. The van der Waals surface area contributed by atoms with Crippen LogP contribution in [0.1, 0.15) is 11.1 Å². The highest BCUT2D eigenvalue weighted by Crippen LogP contribution is 2.05. The standard InChI is InChI=1S/C20H19N3O3/c1-15-12-22(13-16-8-4-2-5-9-16)20(26)23(19(15)25)14-18(24)21-17-10-6-3-7-11-17/h2-12H,13-14H2,1H3,(H,21,24). The molecule has 0 unspecified atom stereocenters. The summed E-state index contributed by atoms with van der Waals surface area (Å²) in [5, 5.41) is 2.69. The van der Waals surface area contributed by atoms with Crippen LogP contribution in [-0.2, 0) is 17.9 Å². The topological polar surface area (TPSA) is 73.1 Å². The Kier molecular flexibility index (Phi) is 5.12. The van der Waals surface area contributed by atoms with Crippen LogP contribution in [0, 0.1) is 6.92 Å². The summed E-state index contributed by atoms with van der Waals surface area (Å²) >= 11 is 0. The number of rotatable bonds is 5. The van der Waals surface area contributed by atoms with Gasteiger partial charge in [0.25, 0.3) is 5.56 Å². The Balaban J connectivity index is 1.88. The number of aryl methyl sites for hydroxylation is 1. The van der Waals surface area contributed by atoms with Gasteiger partial charge in [0.2, 0.25) is 5.91 Å². The summed E-state index contributed by atoms with van der Waals surface area (Å²) in [6.45, 7) is 1.64. The van der Waals surface area contributed by atoms with E-state index in [4.69, 9.17) is 0 Å². The molecule has 132 valence electrons. The molecule has 1 heterocycles. The van der Waals surface area contributed by atoms with E-state index in [1.807, 2.05) is 36.4 Å². The fourth-order valence-corrected chi connectivity index (χ4v) is 2.70. The summed E-state index contributed by atoms with van der Waals surface area (Å²) in [5.74, 6) is -0.424. The lowest BCUT2D eigenvalue weighted by atomic mass is 10.2. The van der Waals surface area contributed by atoms with Gasteiger partial charge in [0.1, 0.15) is 6.54 Å². The van der Waals surface area contributed by atoms with E-state index in [-0.39, 0.29) is 6.54 Å². The highest BCUT2D eigenvalue weighted by molar-refractivity contribution is 5.90. The summed E-state index contributed by atoms with van der Waals surface area (Å²) in [5.41, 5.74) is 0.999. The Morgan fingerprint density at radius 2 is 1.58 bits per heavy atom. The van der Waals surface area contributed by atoms with Crippen molar-refractivity contribution in [3.63, 3.8) is 0 Å². The van der Waals surface area contributed by atoms with E-state index in [1.165, 1.54) is 10.8 Å². The van der Waals surface area contributed by atoms with Gasteiger partial charge in [-0.3, -0.25) is 18.7 Å². The van der Waals surface area contributed by atoms with Gasteiger partial charge in [-0.1, -0.05) is 48.5 Å². The van der Waals surface area contributed by atoms with Crippen LogP contribution in [0.4, 0.5) is 5.69 Å². The molecular formula is C20H19N3O3. The number of carbonyl (C=O) groups excluding carboxylic acids is 1. The lowest BCUT2D eigenvalue weighted by Gasteiger charge is -2.12. The Morgan fingerprint density at radius 3 is 2.23 bits per heavy atom. The number of amides is 1. The molecule has 6 nitrogen and oxygen atoms in total. The Labute approximate surface area is 150 Å². The van der Waals surface area contributed by atoms with Crippen LogP contribution in [-0.4, -0.2) is 15.0 Å². The Morgan fingerprint density at radius 1 is 0.962 bits per heavy atom. The van der Waals surface area contributed by atoms with E-state index in [0.717, 1.165) is 10.1 Å². The fourth-order valence-electron chi connectivity index (χ4n) is 2.70. The number of carbonyl (C=O) groups is 1. The molecule has 0 aliphatic carbocycles. The maximum atomic E-state index is 12.7. The second-order valence-electron chi connectivity index (χ2n) is 6.01. The summed E-state index contributed by atoms with van der Waals surface area (Å²) in [4.78, 5) is 37.3. The number of hydrogen-bond donors (Lipinski definition) is 1. The first-order chi connectivity index (χ1) is 12.5. The molecule has 1 aromatic heterocycles. The zero-order valence-corrected chi connectivity index (χ0v) is 14.4. The van der Waals surface area contributed by atoms with Crippen LogP contribution >= 0.6 is 0 Å². The third-order valence-corrected chi connectivity index (χ3v) is 3.96. The molecule has 3 rings (SSSR count). The molecular weight excluding hydrogens is 330 g/mol. The second-order valence-corrected chi connectivity index (χ2v) is 6.01. The number of hydrogen-bond acceptors (Lipinski definition) is 3. The van der Waals surface area contributed by atoms with Crippen molar-refractivity contribution in [2.45, 2.75) is 20.0 Å². The average molecular weight is 349 g/mol. The number of para-hydroxylation sites is 1. The predicted molar refractivity (Wildman–Crippen MR) is 100 cm³/mol. The smallest absolute Gasteiger partial charge is 0.325 e. The van der Waals surface area contributed by atoms with Gasteiger partial charge in [0, 0.05) is 17.4 Å². The van der Waals surface area contributed by atoms with Crippen molar-refractivity contribution in [3.8, 4) is 0 Å². The number of nitrogens with zero attached hydrogens (tertiary/aromatic N) is 2. The van der Waals surface area contributed by atoms with Crippen LogP contribution in [0.3, 0.4) is 0 Å². The van der Waals surface area contributed by atoms with Gasteiger partial charge in [0.05, 0.1) is 6.54 Å². The minimum absolute atomic E-state index is 0.330. The van der Waals surface area contributed by atoms with Crippen molar-refractivity contribution in [2.24, 2.45) is 0 Å². The van der Waals surface area contributed by atoms with Crippen LogP contribution < -0.4 is 16.6 Å². The maximum absolute atomic E-state index is 12.7. The van der Waals surface area contributed by atoms with Gasteiger partial charge in [-0.25, -0.2) is 4.79 Å². The summed E-state index contributed by atoms with van der Waals surface area (Å²) in [6, 6.07) is 18.4. The molecule has 0 aliphatic heterocycles. The van der Waals surface area contributed by atoms with Gasteiger partial charge >= 0.3 is 5.69 Å². The number of benzene rings is 2. The minimum Gasteiger partial charge on any atom is -0.325 e. The molecule has 0 saturated carbocycles. The van der Waals surface area contributed by atoms with Crippen molar-refractivity contribution in [2.75, 3.05) is 5.32 Å². The third-order valence-electron chi connectivity index (χ3n) is 3.96. The van der Waals surface area contributed by atoms with Gasteiger partial charge in [-0.05, 0) is 24.6 Å². The van der Waals surface area contributed by atoms with E-state index in [1.54, 1.807) is 31.2 Å². The van der Waals surface area contributed by atoms with E-state index in [0.29, 0.717) is 17.8 Å². The lowest BCUT2D eigenvalue weighted by Crippen LogP contribution is -2.43. The zero-order chi connectivity index (χ0) is 18.5. The first kappa shape index (κ1) is 17.4. The molecule has 0 saturated heterocycles. The van der Waals surface area contributed by atoms with Crippen LogP contribution in [0.2, 0.25) is 0 Å². The summed E-state index contributed by atoms with van der Waals surface area (Å²) < 4.78 is 2.42. The van der Waals surface area contributed by atoms with Gasteiger partial charge in [0.15, 0.2) is 0 Å². The van der Waals surface area contributed by atoms with E-state index < -0.39 is 17.2 Å². The molecule has 3 aromatic rings. The van der Waals surface area contributed by atoms with Gasteiger partial charge < -0.3 is 5.32 Å². The molecule has 0 radical (unpaired) electrons. The minimum atomic E-state index is -0.507. The molecule has 1 amide bonds. The normalized spacial score (nSPS) is 10.5. The lowest BCUT2D eigenvalue weighted by molar-refractivity contribution is -0.116. The second kappa shape index (κ2) is 7.65. The first-order valence-electron chi connectivity index (χ1n) is 8.24. The van der Waals surface area contributed by atoms with Crippen molar-refractivity contribution < 1.29 is 4.79 Å². The summed E-state index contributed by atoms with van der Waals surface area (Å²) in [7, 11) is 0. The average Bonchev–Trinajstić information content (AvgIpc) is 2.65. The number of aromatic nitrogens is 2. The maximum Gasteiger partial charge on any atom is 0.331 e. The van der Waals surface area contributed by atoms with E-state index in [9.17, 15) is 14.4 Å². The van der Waals surface area contributed by atoms with Crippen LogP contribution in [0.5, 0.6) is 0 Å². The molecule has 6 heteroatoms. The summed E-state index contributed by atoms with van der Waals surface area (Å²) in [6.07, 6.45) is 1.53. The Hall–Kier alpha value is -3.41. The predicted octanol–water partition coefficient (Wildman–Crippen LogP) is 2.01. The third kappa shape index (κ3) is 3.97. The van der Waals surface area contributed by atoms with Crippen molar-refractivity contribution in [3.05, 3.63) is 98.8 Å². The van der Waals surface area contributed by atoms with Crippen molar-refractivity contribution in [1.82, 2.24) is 9.13 Å². The number of anilines is 1. The van der Waals surface area contributed by atoms with E-state index in [2.05, 4.69) is 5.32 Å². The number of nitrogens with one attached hydrogen (secondary N) is 1.